The molecule has 0 aliphatic carbocycles. The Kier molecular flexibility index (Phi) is 5.32. The number of aromatic amines is 1. The summed E-state index contributed by atoms with van der Waals surface area (Å²) in [6, 6.07) is 8.68. The van der Waals surface area contributed by atoms with Crippen molar-refractivity contribution in [2.45, 2.75) is 32.4 Å². The molecule has 3 aromatic rings. The largest absolute Gasteiger partial charge is 0.361 e. The second-order valence-corrected chi connectivity index (χ2v) is 8.56. The van der Waals surface area contributed by atoms with E-state index in [1.54, 1.807) is 0 Å². The van der Waals surface area contributed by atoms with Gasteiger partial charge in [0.25, 0.3) is 5.91 Å². The Morgan fingerprint density at radius 2 is 2.18 bits per heavy atom. The van der Waals surface area contributed by atoms with Crippen molar-refractivity contribution in [3.8, 4) is 0 Å². The monoisotopic (exact) mass is 398 g/mol. The van der Waals surface area contributed by atoms with E-state index < -0.39 is 0 Å². The molecule has 1 amide bonds. The number of benzene rings is 1. The molecule has 2 N–H and O–H groups in total. The molecule has 3 heterocycles. The minimum atomic E-state index is -0.154. The predicted molar refractivity (Wildman–Crippen MR) is 113 cm³/mol. The van der Waals surface area contributed by atoms with Crippen LogP contribution in [0.4, 0.5) is 5.13 Å². The lowest BCUT2D eigenvalue weighted by molar-refractivity contribution is 0.0939. The Bertz CT molecular complexity index is 966. The molecular formula is C20H26N6OS. The van der Waals surface area contributed by atoms with Crippen LogP contribution in [0.2, 0.25) is 0 Å². The second kappa shape index (κ2) is 7.89. The summed E-state index contributed by atoms with van der Waals surface area (Å²) in [5.74, 6) is -0.154. The van der Waals surface area contributed by atoms with E-state index in [-0.39, 0.29) is 11.9 Å². The van der Waals surface area contributed by atoms with Gasteiger partial charge in [0.15, 0.2) is 0 Å². The van der Waals surface area contributed by atoms with Gasteiger partial charge in [-0.3, -0.25) is 4.79 Å². The summed E-state index contributed by atoms with van der Waals surface area (Å²) < 4.78 is 0. The van der Waals surface area contributed by atoms with Crippen LogP contribution >= 0.6 is 11.3 Å². The topological polar surface area (TPSA) is 77.1 Å². The van der Waals surface area contributed by atoms with Gasteiger partial charge in [0.1, 0.15) is 0 Å². The minimum Gasteiger partial charge on any atom is -0.361 e. The molecule has 1 fully saturated rings. The van der Waals surface area contributed by atoms with Crippen molar-refractivity contribution in [3.63, 3.8) is 0 Å². The molecule has 0 bridgehead atoms. The highest BCUT2D eigenvalue weighted by molar-refractivity contribution is 7.17. The summed E-state index contributed by atoms with van der Waals surface area (Å²) in [7, 11) is 2.13. The highest BCUT2D eigenvalue weighted by atomic mass is 32.1. The number of H-pyrrole nitrogens is 1. The molecule has 1 aliphatic rings. The Balaban J connectivity index is 1.38. The average molecular weight is 399 g/mol. The molecule has 1 aliphatic heterocycles. The standard InChI is InChI=1S/C20H26N6OS/c1-13(10-15-11-21-17-7-5-4-6-16(15)17)22-18(27)19-23-24-20(28-19)26-9-8-25(3)14(2)12-26/h4-7,11,13-14,21H,8-10,12H2,1-3H3,(H,22,27). The number of hydrogen-bond donors (Lipinski definition) is 2. The maximum Gasteiger partial charge on any atom is 0.282 e. The lowest BCUT2D eigenvalue weighted by Crippen LogP contribution is -2.50. The van der Waals surface area contributed by atoms with E-state index in [0.717, 1.165) is 36.7 Å². The number of piperazine rings is 1. The molecule has 2 atom stereocenters. The van der Waals surface area contributed by atoms with E-state index in [1.165, 1.54) is 22.3 Å². The summed E-state index contributed by atoms with van der Waals surface area (Å²) in [6.45, 7) is 7.03. The van der Waals surface area contributed by atoms with Gasteiger partial charge in [0.05, 0.1) is 0 Å². The fourth-order valence-electron chi connectivity index (χ4n) is 3.62. The molecule has 1 saturated heterocycles. The second-order valence-electron chi connectivity index (χ2n) is 7.60. The van der Waals surface area contributed by atoms with Gasteiger partial charge < -0.3 is 20.1 Å². The van der Waals surface area contributed by atoms with Crippen LogP contribution in [0.5, 0.6) is 0 Å². The smallest absolute Gasteiger partial charge is 0.282 e. The number of aromatic nitrogens is 3. The zero-order chi connectivity index (χ0) is 19.7. The van der Waals surface area contributed by atoms with Crippen LogP contribution in [0.15, 0.2) is 30.5 Å². The zero-order valence-corrected chi connectivity index (χ0v) is 17.3. The molecular weight excluding hydrogens is 372 g/mol. The summed E-state index contributed by atoms with van der Waals surface area (Å²) >= 11 is 1.37. The van der Waals surface area contributed by atoms with Crippen LogP contribution in [-0.4, -0.2) is 64.8 Å². The number of para-hydroxylation sites is 1. The highest BCUT2D eigenvalue weighted by Gasteiger charge is 2.24. The summed E-state index contributed by atoms with van der Waals surface area (Å²) in [5, 5.41) is 13.9. The van der Waals surface area contributed by atoms with Gasteiger partial charge in [0.2, 0.25) is 10.1 Å². The third-order valence-electron chi connectivity index (χ3n) is 5.42. The van der Waals surface area contributed by atoms with Crippen LogP contribution in [0.25, 0.3) is 10.9 Å². The van der Waals surface area contributed by atoms with Crippen molar-refractivity contribution in [1.29, 1.82) is 0 Å². The third-order valence-corrected chi connectivity index (χ3v) is 6.40. The van der Waals surface area contributed by atoms with Crippen molar-refractivity contribution in [2.24, 2.45) is 0 Å². The molecule has 2 aromatic heterocycles. The van der Waals surface area contributed by atoms with Crippen molar-refractivity contribution in [1.82, 2.24) is 25.4 Å². The van der Waals surface area contributed by atoms with E-state index in [1.807, 2.05) is 25.3 Å². The lowest BCUT2D eigenvalue weighted by atomic mass is 10.1. The van der Waals surface area contributed by atoms with Crippen LogP contribution < -0.4 is 10.2 Å². The van der Waals surface area contributed by atoms with Gasteiger partial charge in [-0.1, -0.05) is 29.5 Å². The number of carbonyl (C=O) groups is 1. The number of rotatable bonds is 5. The minimum absolute atomic E-state index is 0.00251. The number of nitrogens with zero attached hydrogens (tertiary/aromatic N) is 4. The quantitative estimate of drug-likeness (QED) is 0.691. The van der Waals surface area contributed by atoms with E-state index >= 15 is 0 Å². The van der Waals surface area contributed by atoms with E-state index in [2.05, 4.69) is 56.4 Å². The van der Waals surface area contributed by atoms with Gasteiger partial charge in [-0.15, -0.1) is 10.2 Å². The molecule has 28 heavy (non-hydrogen) atoms. The average Bonchev–Trinajstić information content (AvgIpc) is 3.32. The number of carbonyl (C=O) groups excluding carboxylic acids is 1. The first-order chi connectivity index (χ1) is 13.5. The van der Waals surface area contributed by atoms with Gasteiger partial charge in [0, 0.05) is 48.8 Å². The molecule has 0 saturated carbocycles. The number of nitrogens with one attached hydrogen (secondary N) is 2. The normalized spacial score (nSPS) is 19.1. The van der Waals surface area contributed by atoms with Gasteiger partial charge in [-0.05, 0) is 38.9 Å². The van der Waals surface area contributed by atoms with E-state index in [4.69, 9.17) is 0 Å². The molecule has 0 spiro atoms. The number of anilines is 1. The van der Waals surface area contributed by atoms with Crippen molar-refractivity contribution < 1.29 is 4.79 Å². The fourth-order valence-corrected chi connectivity index (χ4v) is 4.41. The molecule has 0 radical (unpaired) electrons. The molecule has 8 heteroatoms. The van der Waals surface area contributed by atoms with Crippen LogP contribution in [0.1, 0.15) is 29.2 Å². The molecule has 1 aromatic carbocycles. The van der Waals surface area contributed by atoms with E-state index in [9.17, 15) is 4.79 Å². The maximum absolute atomic E-state index is 12.6. The van der Waals surface area contributed by atoms with Crippen LogP contribution in [0, 0.1) is 0 Å². The fraction of sp³-hybridized carbons (Fsp3) is 0.450. The van der Waals surface area contributed by atoms with Crippen molar-refractivity contribution >= 4 is 33.3 Å². The van der Waals surface area contributed by atoms with Crippen LogP contribution in [-0.2, 0) is 6.42 Å². The number of amides is 1. The Morgan fingerprint density at radius 1 is 1.36 bits per heavy atom. The molecule has 2 unspecified atom stereocenters. The molecule has 7 nitrogen and oxygen atoms in total. The van der Waals surface area contributed by atoms with Gasteiger partial charge in [-0.25, -0.2) is 0 Å². The van der Waals surface area contributed by atoms with Gasteiger partial charge in [-0.2, -0.15) is 0 Å². The summed E-state index contributed by atoms with van der Waals surface area (Å²) in [4.78, 5) is 20.5. The first-order valence-corrected chi connectivity index (χ1v) is 10.5. The zero-order valence-electron chi connectivity index (χ0n) is 16.5. The number of likely N-dealkylation sites (N-methyl/N-ethyl adjacent to an activating group) is 1. The number of hydrogen-bond acceptors (Lipinski definition) is 6. The first-order valence-electron chi connectivity index (χ1n) is 9.66. The van der Waals surface area contributed by atoms with Crippen molar-refractivity contribution in [2.75, 3.05) is 31.6 Å². The molecule has 4 rings (SSSR count). The Hall–Kier alpha value is -2.45. The first kappa shape index (κ1) is 18.9. The van der Waals surface area contributed by atoms with Gasteiger partial charge >= 0.3 is 0 Å². The SMILES string of the molecule is CC(Cc1c[nH]c2ccccc12)NC(=O)c1nnc(N2CCN(C)C(C)C2)s1. The lowest BCUT2D eigenvalue weighted by Gasteiger charge is -2.37. The Labute approximate surface area is 168 Å². The molecule has 148 valence electrons. The highest BCUT2D eigenvalue weighted by Crippen LogP contribution is 2.23. The summed E-state index contributed by atoms with van der Waals surface area (Å²) in [6.07, 6.45) is 2.78. The Morgan fingerprint density at radius 3 is 3.00 bits per heavy atom. The number of fused-ring (bicyclic) bond motifs is 1. The van der Waals surface area contributed by atoms with Crippen molar-refractivity contribution in [3.05, 3.63) is 41.0 Å². The maximum atomic E-state index is 12.6. The van der Waals surface area contributed by atoms with E-state index in [0.29, 0.717) is 11.0 Å². The third kappa shape index (κ3) is 3.88. The summed E-state index contributed by atoms with van der Waals surface area (Å²) in [5.41, 5.74) is 2.32. The van der Waals surface area contributed by atoms with Crippen LogP contribution in [0.3, 0.4) is 0 Å². The predicted octanol–water partition coefficient (Wildman–Crippen LogP) is 2.52.